The standard InChI is InChI=1S/C15H26N2O4/c1-6-17(14(19)9-16-10-18)13(11(3)4)8-12(5)15(20)21-7-2/h8,10-11,13H,6-7,9H2,1-5H3,(H,16,18)/t13-/m1/s1. The van der Waals surface area contributed by atoms with E-state index in [1.165, 1.54) is 0 Å². The molecule has 0 saturated carbocycles. The molecule has 0 aromatic rings. The van der Waals surface area contributed by atoms with Gasteiger partial charge in [0.2, 0.25) is 12.3 Å². The number of nitrogens with one attached hydrogen (secondary N) is 1. The Morgan fingerprint density at radius 1 is 1.29 bits per heavy atom. The quantitative estimate of drug-likeness (QED) is 0.393. The van der Waals surface area contributed by atoms with Crippen LogP contribution in [-0.2, 0) is 19.1 Å². The van der Waals surface area contributed by atoms with Crippen molar-refractivity contribution in [1.82, 2.24) is 10.2 Å². The fraction of sp³-hybridized carbons (Fsp3) is 0.667. The number of hydrogen-bond donors (Lipinski definition) is 1. The Morgan fingerprint density at radius 2 is 1.90 bits per heavy atom. The highest BCUT2D eigenvalue weighted by molar-refractivity contribution is 5.88. The number of amides is 2. The molecule has 0 aliphatic rings. The van der Waals surface area contributed by atoms with E-state index < -0.39 is 0 Å². The van der Waals surface area contributed by atoms with Crippen LogP contribution in [0.5, 0.6) is 0 Å². The molecule has 6 heteroatoms. The van der Waals surface area contributed by atoms with Crippen molar-refractivity contribution < 1.29 is 19.1 Å². The third-order valence-corrected chi connectivity index (χ3v) is 3.06. The first kappa shape index (κ1) is 19.1. The van der Waals surface area contributed by atoms with Crippen LogP contribution in [0.4, 0.5) is 0 Å². The van der Waals surface area contributed by atoms with Gasteiger partial charge in [0.25, 0.3) is 0 Å². The van der Waals surface area contributed by atoms with Crippen molar-refractivity contribution in [1.29, 1.82) is 0 Å². The first-order valence-corrected chi connectivity index (χ1v) is 7.20. The molecule has 120 valence electrons. The van der Waals surface area contributed by atoms with Gasteiger partial charge in [0.1, 0.15) is 0 Å². The molecule has 0 aromatic carbocycles. The van der Waals surface area contributed by atoms with E-state index in [1.807, 2.05) is 20.8 Å². The topological polar surface area (TPSA) is 75.7 Å². The van der Waals surface area contributed by atoms with Crippen molar-refractivity contribution in [3.8, 4) is 0 Å². The summed E-state index contributed by atoms with van der Waals surface area (Å²) in [7, 11) is 0. The lowest BCUT2D eigenvalue weighted by atomic mass is 9.99. The molecule has 0 fully saturated rings. The fourth-order valence-corrected chi connectivity index (χ4v) is 2.00. The number of carbonyl (C=O) groups excluding carboxylic acids is 3. The van der Waals surface area contributed by atoms with E-state index in [2.05, 4.69) is 5.32 Å². The molecule has 0 aliphatic carbocycles. The van der Waals surface area contributed by atoms with Gasteiger partial charge in [0.15, 0.2) is 0 Å². The Kier molecular flexibility index (Phi) is 9.08. The Bertz CT molecular complexity index is 391. The minimum Gasteiger partial charge on any atom is -0.463 e. The summed E-state index contributed by atoms with van der Waals surface area (Å²) >= 11 is 0. The highest BCUT2D eigenvalue weighted by Crippen LogP contribution is 2.15. The molecule has 0 spiro atoms. The van der Waals surface area contributed by atoms with Gasteiger partial charge in [-0.15, -0.1) is 0 Å². The zero-order chi connectivity index (χ0) is 16.4. The molecule has 0 aromatic heterocycles. The molecule has 0 unspecified atom stereocenters. The maximum atomic E-state index is 12.1. The number of likely N-dealkylation sites (N-methyl/N-ethyl adjacent to an activating group) is 1. The lowest BCUT2D eigenvalue weighted by Crippen LogP contribution is -2.46. The van der Waals surface area contributed by atoms with Gasteiger partial charge < -0.3 is 15.0 Å². The summed E-state index contributed by atoms with van der Waals surface area (Å²) in [6, 6.07) is -0.222. The summed E-state index contributed by atoms with van der Waals surface area (Å²) < 4.78 is 4.95. The highest BCUT2D eigenvalue weighted by atomic mass is 16.5. The van der Waals surface area contributed by atoms with Gasteiger partial charge in [-0.1, -0.05) is 19.9 Å². The Balaban J connectivity index is 5.16. The largest absolute Gasteiger partial charge is 0.463 e. The smallest absolute Gasteiger partial charge is 0.333 e. The van der Waals surface area contributed by atoms with Gasteiger partial charge in [0, 0.05) is 12.1 Å². The van der Waals surface area contributed by atoms with Crippen molar-refractivity contribution in [2.24, 2.45) is 5.92 Å². The molecule has 0 radical (unpaired) electrons. The van der Waals surface area contributed by atoms with Gasteiger partial charge >= 0.3 is 5.97 Å². The minimum absolute atomic E-state index is 0.0488. The Labute approximate surface area is 126 Å². The average Bonchev–Trinajstić information content (AvgIpc) is 2.44. The second-order valence-corrected chi connectivity index (χ2v) is 4.98. The van der Waals surface area contributed by atoms with Crippen LogP contribution in [0.25, 0.3) is 0 Å². The second-order valence-electron chi connectivity index (χ2n) is 4.98. The molecular weight excluding hydrogens is 272 g/mol. The Morgan fingerprint density at radius 3 is 2.33 bits per heavy atom. The first-order chi connectivity index (χ1) is 9.88. The van der Waals surface area contributed by atoms with Gasteiger partial charge in [-0.2, -0.15) is 0 Å². The SMILES string of the molecule is CCOC(=O)C(C)=C[C@H](C(C)C)N(CC)C(=O)CNC=O. The molecule has 6 nitrogen and oxygen atoms in total. The summed E-state index contributed by atoms with van der Waals surface area (Å²) in [5.41, 5.74) is 0.477. The van der Waals surface area contributed by atoms with Crippen LogP contribution >= 0.6 is 0 Å². The van der Waals surface area contributed by atoms with Crippen molar-refractivity contribution in [2.45, 2.75) is 40.7 Å². The summed E-state index contributed by atoms with van der Waals surface area (Å²) in [6.45, 7) is 10.00. The number of carbonyl (C=O) groups is 3. The van der Waals surface area contributed by atoms with Gasteiger partial charge in [0.05, 0.1) is 19.2 Å². The fourth-order valence-electron chi connectivity index (χ4n) is 2.00. The van der Waals surface area contributed by atoms with E-state index in [0.717, 1.165) is 0 Å². The summed E-state index contributed by atoms with van der Waals surface area (Å²) in [4.78, 5) is 35.8. The molecule has 0 rings (SSSR count). The maximum Gasteiger partial charge on any atom is 0.333 e. The summed E-state index contributed by atoms with van der Waals surface area (Å²) in [5.74, 6) is -0.427. The predicted molar refractivity (Wildman–Crippen MR) is 80.5 cm³/mol. The van der Waals surface area contributed by atoms with Gasteiger partial charge in [-0.3, -0.25) is 9.59 Å². The van der Waals surface area contributed by atoms with Crippen molar-refractivity contribution in [3.63, 3.8) is 0 Å². The van der Waals surface area contributed by atoms with Gasteiger partial charge in [-0.05, 0) is 26.7 Å². The normalized spacial score (nSPS) is 12.8. The number of hydrogen-bond acceptors (Lipinski definition) is 4. The van der Waals surface area contributed by atoms with Crippen LogP contribution < -0.4 is 5.32 Å². The second kappa shape index (κ2) is 9.96. The molecular formula is C15H26N2O4. The zero-order valence-electron chi connectivity index (χ0n) is 13.5. The van der Waals surface area contributed by atoms with Crippen LogP contribution in [-0.4, -0.2) is 48.9 Å². The summed E-state index contributed by atoms with van der Waals surface area (Å²) in [6.07, 6.45) is 2.25. The number of ether oxygens (including phenoxy) is 1. The Hall–Kier alpha value is -1.85. The molecule has 2 amide bonds. The third kappa shape index (κ3) is 6.42. The third-order valence-electron chi connectivity index (χ3n) is 3.06. The van der Waals surface area contributed by atoms with E-state index in [-0.39, 0.29) is 30.4 Å². The monoisotopic (exact) mass is 298 g/mol. The number of nitrogens with zero attached hydrogens (tertiary/aromatic N) is 1. The average molecular weight is 298 g/mol. The maximum absolute atomic E-state index is 12.1. The van der Waals surface area contributed by atoms with Crippen molar-refractivity contribution in [3.05, 3.63) is 11.6 Å². The summed E-state index contributed by atoms with van der Waals surface area (Å²) in [5, 5.41) is 2.37. The molecule has 21 heavy (non-hydrogen) atoms. The van der Waals surface area contributed by atoms with Crippen LogP contribution in [0.15, 0.2) is 11.6 Å². The van der Waals surface area contributed by atoms with E-state index in [4.69, 9.17) is 4.74 Å². The molecule has 1 atom stereocenters. The lowest BCUT2D eigenvalue weighted by molar-refractivity contribution is -0.138. The molecule has 0 heterocycles. The van der Waals surface area contributed by atoms with Crippen molar-refractivity contribution in [2.75, 3.05) is 19.7 Å². The molecule has 0 bridgehead atoms. The predicted octanol–water partition coefficient (Wildman–Crippen LogP) is 1.11. The van der Waals surface area contributed by atoms with E-state index in [9.17, 15) is 14.4 Å². The first-order valence-electron chi connectivity index (χ1n) is 7.20. The van der Waals surface area contributed by atoms with E-state index in [0.29, 0.717) is 25.1 Å². The molecule has 1 N–H and O–H groups in total. The van der Waals surface area contributed by atoms with Crippen LogP contribution in [0, 0.1) is 5.92 Å². The van der Waals surface area contributed by atoms with Crippen LogP contribution in [0.3, 0.4) is 0 Å². The van der Waals surface area contributed by atoms with Crippen LogP contribution in [0.2, 0.25) is 0 Å². The minimum atomic E-state index is -0.377. The number of rotatable bonds is 9. The lowest BCUT2D eigenvalue weighted by Gasteiger charge is -2.32. The van der Waals surface area contributed by atoms with Gasteiger partial charge in [-0.25, -0.2) is 4.79 Å². The number of esters is 1. The van der Waals surface area contributed by atoms with E-state index in [1.54, 1.807) is 24.8 Å². The zero-order valence-corrected chi connectivity index (χ0v) is 13.5. The van der Waals surface area contributed by atoms with E-state index >= 15 is 0 Å². The van der Waals surface area contributed by atoms with Crippen molar-refractivity contribution >= 4 is 18.3 Å². The molecule has 0 saturated heterocycles. The van der Waals surface area contributed by atoms with Crippen LogP contribution in [0.1, 0.15) is 34.6 Å². The molecule has 0 aliphatic heterocycles. The highest BCUT2D eigenvalue weighted by Gasteiger charge is 2.24.